The van der Waals surface area contributed by atoms with Crippen LogP contribution in [0.25, 0.3) is 28.0 Å². The number of carbonyl (C=O) groups is 1. The molecule has 0 fully saturated rings. The zero-order valence-electron chi connectivity index (χ0n) is 15.9. The second kappa shape index (κ2) is 7.67. The van der Waals surface area contributed by atoms with E-state index >= 15 is 0 Å². The third-order valence-electron chi connectivity index (χ3n) is 5.02. The van der Waals surface area contributed by atoms with Gasteiger partial charge in [-0.1, -0.05) is 48.5 Å². The van der Waals surface area contributed by atoms with E-state index in [4.69, 9.17) is 0 Å². The van der Waals surface area contributed by atoms with Gasteiger partial charge in [-0.15, -0.1) is 11.3 Å². The number of benzene rings is 2. The Morgan fingerprint density at radius 3 is 2.57 bits per heavy atom. The lowest BCUT2D eigenvalue weighted by Gasteiger charge is -2.08. The van der Waals surface area contributed by atoms with Gasteiger partial charge in [0, 0.05) is 11.8 Å². The highest BCUT2D eigenvalue weighted by atomic mass is 32.1. The Morgan fingerprint density at radius 2 is 1.80 bits per heavy atom. The van der Waals surface area contributed by atoms with Crippen LogP contribution in [0.1, 0.15) is 20.8 Å². The van der Waals surface area contributed by atoms with E-state index in [1.165, 1.54) is 11.3 Å². The Kier molecular flexibility index (Phi) is 4.71. The van der Waals surface area contributed by atoms with Crippen molar-refractivity contribution in [2.24, 2.45) is 0 Å². The third kappa shape index (κ3) is 3.22. The first-order valence-corrected chi connectivity index (χ1v) is 10.3. The van der Waals surface area contributed by atoms with Crippen LogP contribution in [0.15, 0.2) is 84.5 Å². The minimum atomic E-state index is -0.0672. The van der Waals surface area contributed by atoms with E-state index in [0.29, 0.717) is 16.1 Å². The minimum absolute atomic E-state index is 0.0289. The largest absolute Gasteiger partial charge is 0.392 e. The van der Waals surface area contributed by atoms with Crippen LogP contribution in [-0.4, -0.2) is 25.5 Å². The van der Waals surface area contributed by atoms with Crippen LogP contribution < -0.4 is 0 Å². The highest BCUT2D eigenvalue weighted by Crippen LogP contribution is 2.28. The van der Waals surface area contributed by atoms with Gasteiger partial charge in [-0.3, -0.25) is 4.79 Å². The van der Waals surface area contributed by atoms with E-state index in [0.717, 1.165) is 27.9 Å². The molecule has 30 heavy (non-hydrogen) atoms. The predicted octanol–water partition coefficient (Wildman–Crippen LogP) is 4.85. The van der Waals surface area contributed by atoms with Gasteiger partial charge in [0.15, 0.2) is 5.65 Å². The quantitative estimate of drug-likeness (QED) is 0.420. The van der Waals surface area contributed by atoms with Crippen molar-refractivity contribution >= 4 is 22.8 Å². The highest BCUT2D eigenvalue weighted by Gasteiger charge is 2.18. The predicted molar refractivity (Wildman–Crippen MR) is 118 cm³/mol. The third-order valence-corrected chi connectivity index (χ3v) is 5.89. The molecule has 2 aromatic carbocycles. The van der Waals surface area contributed by atoms with Gasteiger partial charge in [0.1, 0.15) is 0 Å². The van der Waals surface area contributed by atoms with Crippen LogP contribution in [0, 0.1) is 0 Å². The summed E-state index contributed by atoms with van der Waals surface area (Å²) >= 11 is 1.41. The van der Waals surface area contributed by atoms with Crippen molar-refractivity contribution in [1.29, 1.82) is 0 Å². The molecule has 3 heterocycles. The fourth-order valence-electron chi connectivity index (χ4n) is 3.47. The molecule has 5 aromatic rings. The standard InChI is InChI=1S/C24H17N3O2S/c28-15-16-6-8-17(9-7-16)18-3-1-4-19(13-18)21-10-11-25-24-20(14-26-27(21)24)23(29)22-5-2-12-30-22/h1-14,28H,15H2. The van der Waals surface area contributed by atoms with E-state index in [1.54, 1.807) is 16.9 Å². The number of thiophene rings is 1. The van der Waals surface area contributed by atoms with Gasteiger partial charge < -0.3 is 5.11 Å². The fraction of sp³-hybridized carbons (Fsp3) is 0.0417. The van der Waals surface area contributed by atoms with Crippen molar-refractivity contribution < 1.29 is 9.90 Å². The van der Waals surface area contributed by atoms with Gasteiger partial charge in [-0.05, 0) is 40.3 Å². The molecule has 0 spiro atoms. The van der Waals surface area contributed by atoms with Crippen molar-refractivity contribution in [3.8, 4) is 22.4 Å². The SMILES string of the molecule is O=C(c1cccs1)c1cnn2c(-c3cccc(-c4ccc(CO)cc4)c3)ccnc12. The zero-order chi connectivity index (χ0) is 20.5. The molecule has 0 aliphatic rings. The summed E-state index contributed by atoms with van der Waals surface area (Å²) in [5, 5.41) is 15.6. The molecular formula is C24H17N3O2S. The molecule has 146 valence electrons. The number of ketones is 1. The number of aliphatic hydroxyl groups excluding tert-OH is 1. The fourth-order valence-corrected chi connectivity index (χ4v) is 4.15. The first-order chi connectivity index (χ1) is 14.7. The first kappa shape index (κ1) is 18.4. The molecule has 0 aliphatic carbocycles. The molecule has 0 radical (unpaired) electrons. The lowest BCUT2D eigenvalue weighted by molar-refractivity contribution is 0.104. The average molecular weight is 411 g/mol. The summed E-state index contributed by atoms with van der Waals surface area (Å²) in [5.41, 5.74) is 5.88. The van der Waals surface area contributed by atoms with Crippen molar-refractivity contribution in [1.82, 2.24) is 14.6 Å². The van der Waals surface area contributed by atoms with E-state index in [1.807, 2.05) is 66.0 Å². The first-order valence-electron chi connectivity index (χ1n) is 9.46. The summed E-state index contributed by atoms with van der Waals surface area (Å²) in [7, 11) is 0. The van der Waals surface area contributed by atoms with Crippen molar-refractivity contribution in [2.75, 3.05) is 0 Å². The number of nitrogens with zero attached hydrogens (tertiary/aromatic N) is 3. The summed E-state index contributed by atoms with van der Waals surface area (Å²) in [4.78, 5) is 17.9. The number of fused-ring (bicyclic) bond motifs is 1. The Labute approximate surface area is 176 Å². The maximum Gasteiger partial charge on any atom is 0.208 e. The number of hydrogen-bond acceptors (Lipinski definition) is 5. The van der Waals surface area contributed by atoms with Gasteiger partial charge >= 0.3 is 0 Å². The minimum Gasteiger partial charge on any atom is -0.392 e. The van der Waals surface area contributed by atoms with Gasteiger partial charge in [-0.2, -0.15) is 5.10 Å². The van der Waals surface area contributed by atoms with Gasteiger partial charge in [0.05, 0.1) is 28.9 Å². The highest BCUT2D eigenvalue weighted by molar-refractivity contribution is 7.12. The van der Waals surface area contributed by atoms with Crippen molar-refractivity contribution in [3.63, 3.8) is 0 Å². The topological polar surface area (TPSA) is 67.5 Å². The van der Waals surface area contributed by atoms with Crippen molar-refractivity contribution in [3.05, 3.63) is 101 Å². The number of aliphatic hydroxyl groups is 1. The van der Waals surface area contributed by atoms with Crippen LogP contribution in [-0.2, 0) is 6.61 Å². The Bertz CT molecular complexity index is 1340. The van der Waals surface area contributed by atoms with E-state index < -0.39 is 0 Å². The lowest BCUT2D eigenvalue weighted by Crippen LogP contribution is -2.01. The van der Waals surface area contributed by atoms with Crippen LogP contribution in [0.2, 0.25) is 0 Å². The molecule has 0 saturated heterocycles. The summed E-state index contributed by atoms with van der Waals surface area (Å²) in [6.07, 6.45) is 3.30. The lowest BCUT2D eigenvalue weighted by atomic mass is 10.0. The molecule has 0 unspecified atom stereocenters. The van der Waals surface area contributed by atoms with E-state index in [2.05, 4.69) is 16.1 Å². The second-order valence-corrected chi connectivity index (χ2v) is 7.81. The summed E-state index contributed by atoms with van der Waals surface area (Å²) in [5.74, 6) is -0.0672. The number of carbonyl (C=O) groups excluding carboxylic acids is 1. The average Bonchev–Trinajstić information content (AvgIpc) is 3.49. The number of hydrogen-bond donors (Lipinski definition) is 1. The Balaban J connectivity index is 1.57. The Morgan fingerprint density at radius 1 is 0.967 bits per heavy atom. The zero-order valence-corrected chi connectivity index (χ0v) is 16.7. The normalized spacial score (nSPS) is 11.1. The molecule has 5 rings (SSSR count). The maximum atomic E-state index is 12.8. The molecule has 0 aliphatic heterocycles. The monoisotopic (exact) mass is 411 g/mol. The van der Waals surface area contributed by atoms with Gasteiger partial charge in [0.25, 0.3) is 0 Å². The molecule has 5 nitrogen and oxygen atoms in total. The van der Waals surface area contributed by atoms with Crippen molar-refractivity contribution in [2.45, 2.75) is 6.61 Å². The van der Waals surface area contributed by atoms with Crippen LogP contribution >= 0.6 is 11.3 Å². The molecule has 0 bridgehead atoms. The number of rotatable bonds is 5. The molecular weight excluding hydrogens is 394 g/mol. The van der Waals surface area contributed by atoms with Crippen LogP contribution in [0.4, 0.5) is 0 Å². The smallest absolute Gasteiger partial charge is 0.208 e. The molecule has 0 atom stereocenters. The van der Waals surface area contributed by atoms with E-state index in [9.17, 15) is 9.90 Å². The van der Waals surface area contributed by atoms with E-state index in [-0.39, 0.29) is 12.4 Å². The molecule has 3 aromatic heterocycles. The number of aromatic nitrogens is 3. The Hall–Kier alpha value is -3.61. The summed E-state index contributed by atoms with van der Waals surface area (Å²) < 4.78 is 1.72. The molecule has 0 saturated carbocycles. The summed E-state index contributed by atoms with van der Waals surface area (Å²) in [6.45, 7) is 0.0289. The van der Waals surface area contributed by atoms with Gasteiger partial charge in [0.2, 0.25) is 5.78 Å². The van der Waals surface area contributed by atoms with Crippen LogP contribution in [0.3, 0.4) is 0 Å². The maximum absolute atomic E-state index is 12.8. The summed E-state index contributed by atoms with van der Waals surface area (Å²) in [6, 6.07) is 21.6. The molecule has 0 amide bonds. The molecule has 1 N–H and O–H groups in total. The molecule has 6 heteroatoms. The van der Waals surface area contributed by atoms with Gasteiger partial charge in [-0.25, -0.2) is 9.50 Å². The second-order valence-electron chi connectivity index (χ2n) is 6.87. The van der Waals surface area contributed by atoms with Crippen LogP contribution in [0.5, 0.6) is 0 Å².